The van der Waals surface area contributed by atoms with Crippen LogP contribution in [0.25, 0.3) is 0 Å². The van der Waals surface area contributed by atoms with Crippen LogP contribution in [-0.2, 0) is 6.42 Å². The molecule has 0 spiro atoms. The van der Waals surface area contributed by atoms with Gasteiger partial charge in [-0.2, -0.15) is 0 Å². The summed E-state index contributed by atoms with van der Waals surface area (Å²) in [7, 11) is 0. The molecule has 0 bridgehead atoms. The maximum atomic E-state index is 12.5. The number of benzene rings is 1. The molecule has 0 N–H and O–H groups in total. The molecule has 0 radical (unpaired) electrons. The highest BCUT2D eigenvalue weighted by atomic mass is 16.3. The van der Waals surface area contributed by atoms with Crippen molar-refractivity contribution in [1.29, 1.82) is 0 Å². The molecule has 1 fully saturated rings. The van der Waals surface area contributed by atoms with Gasteiger partial charge in [0.1, 0.15) is 6.26 Å². The van der Waals surface area contributed by atoms with Crippen molar-refractivity contribution in [3.8, 4) is 0 Å². The number of hydrogen-bond donors (Lipinski definition) is 0. The number of piperazine rings is 1. The van der Waals surface area contributed by atoms with Gasteiger partial charge >= 0.3 is 0 Å². The fraction of sp³-hybridized carbons (Fsp3) is 0.476. The van der Waals surface area contributed by atoms with Gasteiger partial charge in [0.15, 0.2) is 0 Å². The molecule has 2 heterocycles. The van der Waals surface area contributed by atoms with Crippen molar-refractivity contribution < 1.29 is 9.21 Å². The van der Waals surface area contributed by atoms with E-state index in [-0.39, 0.29) is 5.91 Å². The highest BCUT2D eigenvalue weighted by Crippen LogP contribution is 2.38. The van der Waals surface area contributed by atoms with E-state index >= 15 is 0 Å². The molecule has 1 saturated heterocycles. The molecule has 4 rings (SSSR count). The minimum atomic E-state index is 0.0875. The van der Waals surface area contributed by atoms with Crippen LogP contribution in [0.5, 0.6) is 0 Å². The van der Waals surface area contributed by atoms with Gasteiger partial charge < -0.3 is 9.32 Å². The normalized spacial score (nSPS) is 21.2. The van der Waals surface area contributed by atoms with E-state index in [0.717, 1.165) is 26.2 Å². The first-order valence-corrected chi connectivity index (χ1v) is 9.29. The van der Waals surface area contributed by atoms with Crippen molar-refractivity contribution in [3.63, 3.8) is 0 Å². The molecule has 1 aromatic carbocycles. The molecule has 2 aliphatic rings. The minimum Gasteiger partial charge on any atom is -0.472 e. The van der Waals surface area contributed by atoms with Gasteiger partial charge in [0.2, 0.25) is 0 Å². The third kappa shape index (κ3) is 2.99. The van der Waals surface area contributed by atoms with Gasteiger partial charge in [-0.05, 0) is 61.4 Å². The third-order valence-corrected chi connectivity index (χ3v) is 5.86. The van der Waals surface area contributed by atoms with Gasteiger partial charge in [0, 0.05) is 32.2 Å². The van der Waals surface area contributed by atoms with E-state index in [4.69, 9.17) is 4.42 Å². The van der Waals surface area contributed by atoms with Crippen LogP contribution in [0.4, 0.5) is 0 Å². The van der Waals surface area contributed by atoms with E-state index in [9.17, 15) is 4.79 Å². The number of carbonyl (C=O) groups is 1. The molecule has 4 heteroatoms. The summed E-state index contributed by atoms with van der Waals surface area (Å²) in [5, 5.41) is 0. The molecule has 4 nitrogen and oxygen atoms in total. The topological polar surface area (TPSA) is 36.7 Å². The number of rotatable bonds is 2. The predicted molar refractivity (Wildman–Crippen MR) is 97.8 cm³/mol. The maximum absolute atomic E-state index is 12.5. The average Bonchev–Trinajstić information content (AvgIpc) is 3.19. The molecule has 132 valence electrons. The molecular weight excluding hydrogens is 312 g/mol. The van der Waals surface area contributed by atoms with Crippen LogP contribution in [0.3, 0.4) is 0 Å². The Hall–Kier alpha value is -2.07. The first kappa shape index (κ1) is 16.4. The lowest BCUT2D eigenvalue weighted by molar-refractivity contribution is 0.0546. The Bertz CT molecular complexity index is 758. The van der Waals surface area contributed by atoms with Crippen LogP contribution < -0.4 is 0 Å². The summed E-state index contributed by atoms with van der Waals surface area (Å²) in [5.41, 5.74) is 6.62. The largest absolute Gasteiger partial charge is 0.472 e. The van der Waals surface area contributed by atoms with E-state index in [2.05, 4.69) is 30.9 Å². The fourth-order valence-electron chi connectivity index (χ4n) is 4.47. The Morgan fingerprint density at radius 2 is 1.84 bits per heavy atom. The maximum Gasteiger partial charge on any atom is 0.257 e. The number of aryl methyl sites for hydroxylation is 2. The Kier molecular flexibility index (Phi) is 4.38. The lowest BCUT2D eigenvalue weighted by atomic mass is 9.81. The van der Waals surface area contributed by atoms with Crippen LogP contribution in [0, 0.1) is 13.8 Å². The lowest BCUT2D eigenvalue weighted by Gasteiger charge is -2.42. The highest BCUT2D eigenvalue weighted by molar-refractivity contribution is 5.93. The monoisotopic (exact) mass is 338 g/mol. The van der Waals surface area contributed by atoms with E-state index in [1.807, 2.05) is 4.90 Å². The average molecular weight is 338 g/mol. The molecule has 1 unspecified atom stereocenters. The van der Waals surface area contributed by atoms with Crippen LogP contribution >= 0.6 is 0 Å². The van der Waals surface area contributed by atoms with Crippen LogP contribution in [0.1, 0.15) is 51.5 Å². The highest BCUT2D eigenvalue weighted by Gasteiger charge is 2.31. The number of hydrogen-bond acceptors (Lipinski definition) is 3. The van der Waals surface area contributed by atoms with Crippen molar-refractivity contribution in [3.05, 3.63) is 58.5 Å². The molecule has 1 atom stereocenters. The SMILES string of the molecule is Cc1ccc(C)c2c1CCCC2N1CCN(C(=O)c2ccoc2)CC1. The zero-order valence-corrected chi connectivity index (χ0v) is 15.1. The number of furan rings is 1. The summed E-state index contributed by atoms with van der Waals surface area (Å²) >= 11 is 0. The van der Waals surface area contributed by atoms with E-state index in [0.29, 0.717) is 11.6 Å². The molecule has 2 aromatic rings. The molecule has 1 aliphatic carbocycles. The van der Waals surface area contributed by atoms with Crippen LogP contribution in [-0.4, -0.2) is 41.9 Å². The summed E-state index contributed by atoms with van der Waals surface area (Å²) < 4.78 is 5.05. The zero-order valence-electron chi connectivity index (χ0n) is 15.1. The van der Waals surface area contributed by atoms with Crippen molar-refractivity contribution in [2.24, 2.45) is 0 Å². The third-order valence-electron chi connectivity index (χ3n) is 5.86. The Morgan fingerprint density at radius 1 is 1.08 bits per heavy atom. The molecule has 0 saturated carbocycles. The van der Waals surface area contributed by atoms with E-state index < -0.39 is 0 Å². The quantitative estimate of drug-likeness (QED) is 0.837. The summed E-state index contributed by atoms with van der Waals surface area (Å²) in [6.45, 7) is 7.96. The second kappa shape index (κ2) is 6.68. The van der Waals surface area contributed by atoms with Gasteiger partial charge in [-0.15, -0.1) is 0 Å². The number of nitrogens with zero attached hydrogens (tertiary/aromatic N) is 2. The molecule has 25 heavy (non-hydrogen) atoms. The number of carbonyl (C=O) groups excluding carboxylic acids is 1. The first-order chi connectivity index (χ1) is 12.1. The van der Waals surface area contributed by atoms with Crippen LogP contribution in [0.2, 0.25) is 0 Å². The summed E-state index contributed by atoms with van der Waals surface area (Å²) in [6, 6.07) is 6.79. The van der Waals surface area contributed by atoms with Gasteiger partial charge in [0.25, 0.3) is 5.91 Å². The first-order valence-electron chi connectivity index (χ1n) is 9.29. The Morgan fingerprint density at radius 3 is 2.56 bits per heavy atom. The Balaban J connectivity index is 1.49. The molecule has 1 aliphatic heterocycles. The standard InChI is InChI=1S/C21H26N2O2/c1-15-6-7-16(2)20-18(15)4-3-5-19(20)22-9-11-23(12-10-22)21(24)17-8-13-25-14-17/h6-8,13-14,19H,3-5,9-12H2,1-2H3. The number of fused-ring (bicyclic) bond motifs is 1. The van der Waals surface area contributed by atoms with E-state index in [1.165, 1.54) is 36.7 Å². The molecule has 1 aromatic heterocycles. The van der Waals surface area contributed by atoms with Crippen molar-refractivity contribution in [2.45, 2.75) is 39.2 Å². The zero-order chi connectivity index (χ0) is 17.4. The van der Waals surface area contributed by atoms with Crippen molar-refractivity contribution in [1.82, 2.24) is 9.80 Å². The molecule has 1 amide bonds. The van der Waals surface area contributed by atoms with Gasteiger partial charge in [0.05, 0.1) is 11.8 Å². The minimum absolute atomic E-state index is 0.0875. The van der Waals surface area contributed by atoms with E-state index in [1.54, 1.807) is 23.5 Å². The Labute approximate surface area is 149 Å². The van der Waals surface area contributed by atoms with Gasteiger partial charge in [-0.25, -0.2) is 0 Å². The molecular formula is C21H26N2O2. The smallest absolute Gasteiger partial charge is 0.257 e. The summed E-state index contributed by atoms with van der Waals surface area (Å²) in [4.78, 5) is 17.0. The second-order valence-electron chi connectivity index (χ2n) is 7.34. The van der Waals surface area contributed by atoms with Crippen molar-refractivity contribution in [2.75, 3.05) is 26.2 Å². The predicted octanol–water partition coefficient (Wildman–Crippen LogP) is 3.73. The second-order valence-corrected chi connectivity index (χ2v) is 7.34. The van der Waals surface area contributed by atoms with Gasteiger partial charge in [-0.3, -0.25) is 9.69 Å². The summed E-state index contributed by atoms with van der Waals surface area (Å²) in [6.07, 6.45) is 6.80. The fourth-order valence-corrected chi connectivity index (χ4v) is 4.47. The number of amides is 1. The summed E-state index contributed by atoms with van der Waals surface area (Å²) in [5.74, 6) is 0.0875. The lowest BCUT2D eigenvalue weighted by Crippen LogP contribution is -2.50. The van der Waals surface area contributed by atoms with Crippen LogP contribution in [0.15, 0.2) is 35.1 Å². The van der Waals surface area contributed by atoms with Crippen molar-refractivity contribution >= 4 is 5.91 Å². The van der Waals surface area contributed by atoms with Gasteiger partial charge in [-0.1, -0.05) is 12.1 Å².